The summed E-state index contributed by atoms with van der Waals surface area (Å²) < 4.78 is 48.2. The summed E-state index contributed by atoms with van der Waals surface area (Å²) in [5.74, 6) is 1.24. The molecule has 8 nitrogen and oxygen atoms in total. The maximum absolute atomic E-state index is 13.0. The largest absolute Gasteiger partial charge is 0.431 e. The molecule has 2 N–H and O–H groups in total. The smallest absolute Gasteiger partial charge is 0.261 e. The molecule has 0 spiro atoms. The minimum absolute atomic E-state index is 0.0471. The highest BCUT2D eigenvalue weighted by molar-refractivity contribution is 7.99. The van der Waals surface area contributed by atoms with Gasteiger partial charge in [-0.15, -0.1) is 0 Å². The maximum atomic E-state index is 13.0. The number of thioether (sulfide) groups is 1. The number of benzene rings is 5. The summed E-state index contributed by atoms with van der Waals surface area (Å²) in [6.07, 6.45) is -0.776. The topological polar surface area (TPSA) is 111 Å². The first-order chi connectivity index (χ1) is 23.9. The summed E-state index contributed by atoms with van der Waals surface area (Å²) in [6, 6.07) is 42.9. The standard InChI is InChI=1S/C39H34N2O6S2/c42-25-27-19-21-28(22-20-27)35-24-33(26-48-39-40-36(29-11-4-1-5-12-29)37(47-39)30-13-6-2-7-14-30)45-38(46-35)31-15-10-16-32(23-31)41-49(43,44)34-17-8-3-9-18-34/h1-23,33,35,38,41-42H,24-26H2/t33-,35+,38+/m1/s1. The summed E-state index contributed by atoms with van der Waals surface area (Å²) >= 11 is 1.48. The van der Waals surface area contributed by atoms with E-state index >= 15 is 0 Å². The summed E-state index contributed by atoms with van der Waals surface area (Å²) in [5, 5.41) is 10.1. The van der Waals surface area contributed by atoms with Crippen LogP contribution in [0.1, 0.15) is 35.5 Å². The minimum atomic E-state index is -3.79. The molecule has 0 aliphatic carbocycles. The monoisotopic (exact) mass is 690 g/mol. The molecule has 0 saturated carbocycles. The summed E-state index contributed by atoms with van der Waals surface area (Å²) in [6.45, 7) is -0.0471. The van der Waals surface area contributed by atoms with E-state index in [1.165, 1.54) is 11.8 Å². The Labute approximate surface area is 289 Å². The van der Waals surface area contributed by atoms with E-state index in [1.54, 1.807) is 48.5 Å². The van der Waals surface area contributed by atoms with Crippen LogP contribution in [0.3, 0.4) is 0 Å². The van der Waals surface area contributed by atoms with Gasteiger partial charge in [0, 0.05) is 34.6 Å². The summed E-state index contributed by atoms with van der Waals surface area (Å²) in [7, 11) is -3.79. The fourth-order valence-corrected chi connectivity index (χ4v) is 7.60. The van der Waals surface area contributed by atoms with Gasteiger partial charge < -0.3 is 19.0 Å². The van der Waals surface area contributed by atoms with Crippen LogP contribution in [0.25, 0.3) is 22.6 Å². The lowest BCUT2D eigenvalue weighted by Crippen LogP contribution is -2.31. The number of hydrogen-bond donors (Lipinski definition) is 2. The van der Waals surface area contributed by atoms with Crippen LogP contribution in [0, 0.1) is 0 Å². The van der Waals surface area contributed by atoms with Gasteiger partial charge in [-0.3, -0.25) is 4.72 Å². The van der Waals surface area contributed by atoms with E-state index in [-0.39, 0.29) is 23.7 Å². The van der Waals surface area contributed by atoms with Gasteiger partial charge in [0.1, 0.15) is 5.69 Å². The molecule has 0 unspecified atom stereocenters. The van der Waals surface area contributed by atoms with Crippen molar-refractivity contribution in [2.75, 3.05) is 10.5 Å². The normalized spacial score (nSPS) is 17.9. The van der Waals surface area contributed by atoms with Crippen molar-refractivity contribution in [3.8, 4) is 22.6 Å². The Kier molecular flexibility index (Phi) is 9.92. The number of nitrogens with zero attached hydrogens (tertiary/aromatic N) is 1. The second-order valence-electron chi connectivity index (χ2n) is 11.6. The molecular formula is C39H34N2O6S2. The van der Waals surface area contributed by atoms with Crippen molar-refractivity contribution in [2.45, 2.75) is 41.6 Å². The molecule has 0 bridgehead atoms. The van der Waals surface area contributed by atoms with Crippen LogP contribution in [0.5, 0.6) is 0 Å². The first kappa shape index (κ1) is 32.8. The van der Waals surface area contributed by atoms with Crippen molar-refractivity contribution in [3.63, 3.8) is 0 Å². The number of hydrogen-bond acceptors (Lipinski definition) is 8. The summed E-state index contributed by atoms with van der Waals surface area (Å²) in [4.78, 5) is 5.08. The number of aromatic nitrogens is 1. The molecule has 1 aliphatic rings. The zero-order valence-electron chi connectivity index (χ0n) is 26.4. The highest BCUT2D eigenvalue weighted by atomic mass is 32.2. The molecule has 0 radical (unpaired) electrons. The van der Waals surface area contributed by atoms with Crippen LogP contribution < -0.4 is 4.72 Å². The molecule has 1 fully saturated rings. The Morgan fingerprint density at radius 1 is 0.755 bits per heavy atom. The van der Waals surface area contributed by atoms with Crippen LogP contribution in [-0.4, -0.2) is 30.4 Å². The van der Waals surface area contributed by atoms with E-state index in [4.69, 9.17) is 18.9 Å². The lowest BCUT2D eigenvalue weighted by atomic mass is 10.0. The van der Waals surface area contributed by atoms with Crippen molar-refractivity contribution >= 4 is 27.5 Å². The lowest BCUT2D eigenvalue weighted by molar-refractivity contribution is -0.245. The zero-order chi connectivity index (χ0) is 33.6. The van der Waals surface area contributed by atoms with Gasteiger partial charge in [-0.05, 0) is 35.4 Å². The van der Waals surface area contributed by atoms with E-state index in [0.717, 1.165) is 27.9 Å². The molecule has 5 aromatic carbocycles. The van der Waals surface area contributed by atoms with Crippen LogP contribution in [0.15, 0.2) is 154 Å². The molecule has 10 heteroatoms. The SMILES string of the molecule is O=S(=O)(Nc1cccc([C@H]2O[C@@H](CSc3nc(-c4ccccc4)c(-c4ccccc4)o3)C[C@@H](c3ccc(CO)cc3)O2)c1)c1ccccc1. The second kappa shape index (κ2) is 14.8. The lowest BCUT2D eigenvalue weighted by Gasteiger charge is -2.36. The predicted molar refractivity (Wildman–Crippen MR) is 190 cm³/mol. The molecular weight excluding hydrogens is 657 g/mol. The van der Waals surface area contributed by atoms with E-state index in [9.17, 15) is 13.5 Å². The van der Waals surface area contributed by atoms with Crippen molar-refractivity contribution in [1.82, 2.24) is 4.98 Å². The van der Waals surface area contributed by atoms with Crippen LogP contribution in [0.2, 0.25) is 0 Å². The molecule has 1 aliphatic heterocycles. The molecule has 3 atom stereocenters. The summed E-state index contributed by atoms with van der Waals surface area (Å²) in [5.41, 5.74) is 5.52. The molecule has 1 saturated heterocycles. The average molecular weight is 691 g/mol. The Bertz CT molecular complexity index is 2030. The number of sulfonamides is 1. The van der Waals surface area contributed by atoms with Crippen molar-refractivity contribution < 1.29 is 27.4 Å². The Morgan fingerprint density at radius 3 is 2.12 bits per heavy atom. The van der Waals surface area contributed by atoms with Gasteiger partial charge in [0.2, 0.25) is 0 Å². The fraction of sp³-hybridized carbons (Fsp3) is 0.154. The second-order valence-corrected chi connectivity index (χ2v) is 14.2. The van der Waals surface area contributed by atoms with E-state index in [0.29, 0.717) is 34.4 Å². The molecule has 6 aromatic rings. The number of oxazole rings is 1. The Hall–Kier alpha value is -4.71. The molecule has 248 valence electrons. The first-order valence-electron chi connectivity index (χ1n) is 15.9. The Morgan fingerprint density at radius 2 is 1.43 bits per heavy atom. The van der Waals surface area contributed by atoms with Gasteiger partial charge in [0.25, 0.3) is 15.2 Å². The van der Waals surface area contributed by atoms with Crippen LogP contribution >= 0.6 is 11.8 Å². The third-order valence-electron chi connectivity index (χ3n) is 8.16. The first-order valence-corrected chi connectivity index (χ1v) is 18.3. The third kappa shape index (κ3) is 7.80. The molecule has 0 amide bonds. The predicted octanol–water partition coefficient (Wildman–Crippen LogP) is 8.64. The van der Waals surface area contributed by atoms with Crippen molar-refractivity contribution in [2.24, 2.45) is 0 Å². The number of aliphatic hydroxyl groups excluding tert-OH is 1. The highest BCUT2D eigenvalue weighted by Crippen LogP contribution is 2.41. The Balaban J connectivity index is 1.14. The van der Waals surface area contributed by atoms with Crippen LogP contribution in [-0.2, 0) is 26.1 Å². The van der Waals surface area contributed by atoms with Crippen LogP contribution in [0.4, 0.5) is 5.69 Å². The minimum Gasteiger partial charge on any atom is -0.431 e. The van der Waals surface area contributed by atoms with Gasteiger partial charge in [-0.1, -0.05) is 127 Å². The number of aliphatic hydroxyl groups is 1. The molecule has 1 aromatic heterocycles. The number of ether oxygens (including phenoxy) is 2. The highest BCUT2D eigenvalue weighted by Gasteiger charge is 2.33. The van der Waals surface area contributed by atoms with Gasteiger partial charge in [0.15, 0.2) is 12.1 Å². The van der Waals surface area contributed by atoms with Gasteiger partial charge in [-0.2, -0.15) is 0 Å². The average Bonchev–Trinajstić information content (AvgIpc) is 3.59. The van der Waals surface area contributed by atoms with Gasteiger partial charge >= 0.3 is 0 Å². The molecule has 49 heavy (non-hydrogen) atoms. The number of nitrogens with one attached hydrogen (secondary N) is 1. The van der Waals surface area contributed by atoms with Crippen molar-refractivity contribution in [3.05, 3.63) is 156 Å². The molecule has 2 heterocycles. The van der Waals surface area contributed by atoms with Crippen molar-refractivity contribution in [1.29, 1.82) is 0 Å². The number of rotatable bonds is 11. The van der Waals surface area contributed by atoms with E-state index in [2.05, 4.69) is 4.72 Å². The fourth-order valence-electron chi connectivity index (χ4n) is 5.69. The van der Waals surface area contributed by atoms with Gasteiger partial charge in [0.05, 0.1) is 23.7 Å². The van der Waals surface area contributed by atoms with E-state index in [1.807, 2.05) is 91.0 Å². The van der Waals surface area contributed by atoms with Gasteiger partial charge in [-0.25, -0.2) is 13.4 Å². The maximum Gasteiger partial charge on any atom is 0.261 e. The quantitative estimate of drug-likeness (QED) is 0.130. The molecule has 7 rings (SSSR count). The number of anilines is 1. The van der Waals surface area contributed by atoms with E-state index < -0.39 is 16.3 Å². The zero-order valence-corrected chi connectivity index (χ0v) is 28.0. The third-order valence-corrected chi connectivity index (χ3v) is 10.5.